The quantitative estimate of drug-likeness (QED) is 0.698. The molecular formula is C20H27N3O2S. The summed E-state index contributed by atoms with van der Waals surface area (Å²) in [6.45, 7) is 4.95. The lowest BCUT2D eigenvalue weighted by Crippen LogP contribution is -2.35. The minimum atomic E-state index is -0.363. The number of H-pyrrole nitrogens is 1. The van der Waals surface area contributed by atoms with Gasteiger partial charge in [-0.05, 0) is 56.9 Å². The van der Waals surface area contributed by atoms with E-state index in [2.05, 4.69) is 16.5 Å². The van der Waals surface area contributed by atoms with Crippen molar-refractivity contribution in [2.75, 3.05) is 6.54 Å². The average Bonchev–Trinajstić information content (AvgIpc) is 3.39. The molecule has 5 nitrogen and oxygen atoms in total. The summed E-state index contributed by atoms with van der Waals surface area (Å²) in [7, 11) is 0. The number of thiophene rings is 1. The average molecular weight is 374 g/mol. The van der Waals surface area contributed by atoms with E-state index in [-0.39, 0.29) is 11.7 Å². The second kappa shape index (κ2) is 7.62. The Hall–Kier alpha value is -1.50. The van der Waals surface area contributed by atoms with Gasteiger partial charge in [-0.3, -0.25) is 9.69 Å². The molecule has 6 heteroatoms. The smallest absolute Gasteiger partial charge is 0.259 e. The van der Waals surface area contributed by atoms with Gasteiger partial charge in [-0.25, -0.2) is 4.98 Å². The Morgan fingerprint density at radius 1 is 1.38 bits per heavy atom. The van der Waals surface area contributed by atoms with Crippen molar-refractivity contribution in [1.82, 2.24) is 14.9 Å². The van der Waals surface area contributed by atoms with E-state index in [0.29, 0.717) is 19.1 Å². The van der Waals surface area contributed by atoms with E-state index in [1.807, 2.05) is 6.08 Å². The van der Waals surface area contributed by atoms with E-state index >= 15 is 0 Å². The van der Waals surface area contributed by atoms with Crippen LogP contribution < -0.4 is 5.56 Å². The van der Waals surface area contributed by atoms with Crippen molar-refractivity contribution in [3.63, 3.8) is 0 Å². The molecule has 1 atom stereocenters. The molecule has 0 aromatic carbocycles. The van der Waals surface area contributed by atoms with Crippen molar-refractivity contribution in [1.29, 1.82) is 0 Å². The summed E-state index contributed by atoms with van der Waals surface area (Å²) in [5, 5.41) is 11.1. The largest absolute Gasteiger partial charge is 0.392 e. The van der Waals surface area contributed by atoms with Crippen LogP contribution in [0.4, 0.5) is 0 Å². The van der Waals surface area contributed by atoms with Gasteiger partial charge in [0.2, 0.25) is 0 Å². The van der Waals surface area contributed by atoms with Crippen LogP contribution in [0, 0.1) is 0 Å². The van der Waals surface area contributed by atoms with Crippen molar-refractivity contribution in [2.24, 2.45) is 0 Å². The number of aliphatic hydroxyl groups is 1. The van der Waals surface area contributed by atoms with Crippen LogP contribution >= 0.6 is 11.3 Å². The fourth-order valence-corrected chi connectivity index (χ4v) is 5.21. The Labute approximate surface area is 157 Å². The fourth-order valence-electron chi connectivity index (χ4n) is 3.93. The van der Waals surface area contributed by atoms with Crippen LogP contribution in [-0.4, -0.2) is 38.7 Å². The molecule has 1 saturated carbocycles. The van der Waals surface area contributed by atoms with E-state index in [0.717, 1.165) is 61.0 Å². The molecule has 4 rings (SSSR count). The van der Waals surface area contributed by atoms with Gasteiger partial charge < -0.3 is 10.1 Å². The normalized spacial score (nSPS) is 18.2. The summed E-state index contributed by atoms with van der Waals surface area (Å²) >= 11 is 1.69. The maximum Gasteiger partial charge on any atom is 0.259 e. The van der Waals surface area contributed by atoms with Crippen molar-refractivity contribution in [2.45, 2.75) is 70.1 Å². The summed E-state index contributed by atoms with van der Waals surface area (Å²) in [6.07, 6.45) is 9.81. The lowest BCUT2D eigenvalue weighted by Gasteiger charge is -2.24. The Balaban J connectivity index is 1.55. The highest BCUT2D eigenvalue weighted by Gasteiger charge is 2.31. The Morgan fingerprint density at radius 3 is 2.96 bits per heavy atom. The summed E-state index contributed by atoms with van der Waals surface area (Å²) in [4.78, 5) is 25.0. The predicted octanol–water partition coefficient (Wildman–Crippen LogP) is 3.15. The minimum Gasteiger partial charge on any atom is -0.392 e. The Morgan fingerprint density at radius 2 is 2.19 bits per heavy atom. The number of fused-ring (bicyclic) bond motifs is 3. The van der Waals surface area contributed by atoms with Crippen molar-refractivity contribution in [3.05, 3.63) is 39.3 Å². The maximum absolute atomic E-state index is 12.7. The predicted molar refractivity (Wildman–Crippen MR) is 106 cm³/mol. The van der Waals surface area contributed by atoms with Crippen molar-refractivity contribution in [3.8, 4) is 0 Å². The molecule has 26 heavy (non-hydrogen) atoms. The molecule has 0 radical (unpaired) electrons. The van der Waals surface area contributed by atoms with Gasteiger partial charge in [0, 0.05) is 17.5 Å². The number of allylic oxidation sites excluding steroid dienone is 1. The first-order chi connectivity index (χ1) is 12.7. The molecule has 0 saturated heterocycles. The molecule has 2 aromatic rings. The van der Waals surface area contributed by atoms with E-state index in [9.17, 15) is 9.90 Å². The molecule has 0 amide bonds. The van der Waals surface area contributed by atoms with E-state index in [1.54, 1.807) is 11.3 Å². The molecule has 2 aliphatic rings. The van der Waals surface area contributed by atoms with Crippen molar-refractivity contribution >= 4 is 21.6 Å². The number of nitrogens with one attached hydrogen (secondary N) is 1. The lowest BCUT2D eigenvalue weighted by molar-refractivity contribution is 0.0966. The first kappa shape index (κ1) is 17.9. The molecule has 2 aliphatic carbocycles. The monoisotopic (exact) mass is 373 g/mol. The Kier molecular flexibility index (Phi) is 5.25. The second-order valence-electron chi connectivity index (χ2n) is 7.58. The van der Waals surface area contributed by atoms with E-state index in [4.69, 9.17) is 4.98 Å². The minimum absolute atomic E-state index is 0.00681. The maximum atomic E-state index is 12.7. The third kappa shape index (κ3) is 3.77. The molecule has 2 aromatic heterocycles. The van der Waals surface area contributed by atoms with Crippen LogP contribution in [0.5, 0.6) is 0 Å². The standard InChI is InChI=1S/C20H27N3O2S/c1-2-3-6-14(24)11-23(13-9-10-13)12-17-21-19(25)18-15-7-4-5-8-16(15)26-20(18)22-17/h2,13-14,24H,1,3-12H2,(H,21,22,25)/t14-/m1/s1. The number of hydrogen-bond acceptors (Lipinski definition) is 5. The van der Waals surface area contributed by atoms with Crippen LogP contribution in [0.25, 0.3) is 10.2 Å². The highest BCUT2D eigenvalue weighted by atomic mass is 32.1. The summed E-state index contributed by atoms with van der Waals surface area (Å²) in [5.74, 6) is 0.726. The molecule has 2 heterocycles. The lowest BCUT2D eigenvalue weighted by atomic mass is 9.97. The van der Waals surface area contributed by atoms with Gasteiger partial charge >= 0.3 is 0 Å². The first-order valence-corrected chi connectivity index (χ1v) is 10.5. The number of aryl methyl sites for hydroxylation is 2. The van der Waals surface area contributed by atoms with Crippen LogP contribution in [0.3, 0.4) is 0 Å². The Bertz CT molecular complexity index is 853. The number of aromatic nitrogens is 2. The molecule has 0 bridgehead atoms. The van der Waals surface area contributed by atoms with Crippen LogP contribution in [-0.2, 0) is 19.4 Å². The zero-order chi connectivity index (χ0) is 18.1. The topological polar surface area (TPSA) is 69.2 Å². The third-order valence-electron chi connectivity index (χ3n) is 5.44. The van der Waals surface area contributed by atoms with Gasteiger partial charge in [-0.2, -0.15) is 0 Å². The van der Waals surface area contributed by atoms with Gasteiger partial charge in [0.15, 0.2) is 0 Å². The van der Waals surface area contributed by atoms with Crippen molar-refractivity contribution < 1.29 is 5.11 Å². The molecule has 1 fully saturated rings. The number of hydrogen-bond donors (Lipinski definition) is 2. The van der Waals surface area contributed by atoms with Crippen LogP contribution in [0.15, 0.2) is 17.4 Å². The molecule has 0 unspecified atom stereocenters. The third-order valence-corrected chi connectivity index (χ3v) is 6.63. The molecule has 140 valence electrons. The highest BCUT2D eigenvalue weighted by molar-refractivity contribution is 7.18. The first-order valence-electron chi connectivity index (χ1n) is 9.72. The van der Waals surface area contributed by atoms with Gasteiger partial charge in [0.25, 0.3) is 5.56 Å². The van der Waals surface area contributed by atoms with Gasteiger partial charge in [0.05, 0.1) is 18.0 Å². The van der Waals surface area contributed by atoms with Gasteiger partial charge in [0.1, 0.15) is 10.7 Å². The molecule has 0 aliphatic heterocycles. The highest BCUT2D eigenvalue weighted by Crippen LogP contribution is 2.34. The zero-order valence-electron chi connectivity index (χ0n) is 15.2. The summed E-state index contributed by atoms with van der Waals surface area (Å²) in [5.41, 5.74) is 1.24. The number of nitrogens with zero attached hydrogens (tertiary/aromatic N) is 2. The second-order valence-corrected chi connectivity index (χ2v) is 8.67. The van der Waals surface area contributed by atoms with Gasteiger partial charge in [-0.15, -0.1) is 17.9 Å². The zero-order valence-corrected chi connectivity index (χ0v) is 16.0. The van der Waals surface area contributed by atoms with E-state index in [1.165, 1.54) is 16.9 Å². The van der Waals surface area contributed by atoms with E-state index < -0.39 is 0 Å². The van der Waals surface area contributed by atoms with Gasteiger partial charge in [-0.1, -0.05) is 6.08 Å². The van der Waals surface area contributed by atoms with Crippen LogP contribution in [0.2, 0.25) is 0 Å². The van der Waals surface area contributed by atoms with Crippen LogP contribution in [0.1, 0.15) is 54.8 Å². The molecule has 2 N–H and O–H groups in total. The number of rotatable bonds is 8. The molecular weight excluding hydrogens is 346 g/mol. The molecule has 0 spiro atoms. The number of aromatic amines is 1. The number of aliphatic hydroxyl groups excluding tert-OH is 1. The summed E-state index contributed by atoms with van der Waals surface area (Å²) in [6, 6.07) is 0.505. The fraction of sp³-hybridized carbons (Fsp3) is 0.600. The SMILES string of the molecule is C=CCC[C@@H](O)CN(Cc1nc2sc3c(c2c(=O)[nH]1)CCCC3)C1CC1. The summed E-state index contributed by atoms with van der Waals surface area (Å²) < 4.78 is 0.